The first kappa shape index (κ1) is 11.1. The number of hydrogen-bond acceptors (Lipinski definition) is 2. The molecule has 0 aliphatic carbocycles. The molecule has 0 aliphatic rings. The van der Waals surface area contributed by atoms with Crippen molar-refractivity contribution in [2.75, 3.05) is 0 Å². The van der Waals surface area contributed by atoms with Crippen molar-refractivity contribution in [2.24, 2.45) is 7.05 Å². The zero-order valence-electron chi connectivity index (χ0n) is 9.76. The van der Waals surface area contributed by atoms with E-state index in [0.717, 1.165) is 5.52 Å². The molecule has 2 aromatic heterocycles. The van der Waals surface area contributed by atoms with Crippen LogP contribution in [0.1, 0.15) is 0 Å². The first-order valence-electron chi connectivity index (χ1n) is 5.58. The van der Waals surface area contributed by atoms with Crippen molar-refractivity contribution >= 4 is 32.6 Å². The van der Waals surface area contributed by atoms with Crippen molar-refractivity contribution in [2.45, 2.75) is 0 Å². The van der Waals surface area contributed by atoms with Crippen LogP contribution < -0.4 is 17.0 Å². The number of benzene rings is 2. The third-order valence-corrected chi connectivity index (χ3v) is 3.36. The highest BCUT2D eigenvalue weighted by atomic mass is 35.5. The molecule has 0 saturated heterocycles. The van der Waals surface area contributed by atoms with Crippen molar-refractivity contribution in [3.63, 3.8) is 0 Å². The molecular formula is C14H10ClN3. The molecule has 0 amide bonds. The van der Waals surface area contributed by atoms with Gasteiger partial charge in [0.2, 0.25) is 0 Å². The summed E-state index contributed by atoms with van der Waals surface area (Å²) in [5.74, 6) is 0. The molecule has 0 unspecified atom stereocenters. The molecule has 4 rings (SSSR count). The van der Waals surface area contributed by atoms with E-state index < -0.39 is 0 Å². The zero-order valence-corrected chi connectivity index (χ0v) is 10.5. The van der Waals surface area contributed by atoms with Gasteiger partial charge in [0.25, 0.3) is 6.33 Å². The Kier molecular flexibility index (Phi) is 2.31. The van der Waals surface area contributed by atoms with Gasteiger partial charge in [-0.05, 0) is 29.2 Å². The lowest BCUT2D eigenvalue weighted by Crippen LogP contribution is -3.00. The van der Waals surface area contributed by atoms with Gasteiger partial charge in [-0.1, -0.05) is 0 Å². The average Bonchev–Trinajstić information content (AvgIpc) is 2.38. The lowest BCUT2D eigenvalue weighted by atomic mass is 10.0. The van der Waals surface area contributed by atoms with Crippen LogP contribution in [-0.2, 0) is 7.05 Å². The highest BCUT2D eigenvalue weighted by molar-refractivity contribution is 6.20. The molecule has 0 spiro atoms. The van der Waals surface area contributed by atoms with Crippen molar-refractivity contribution in [1.82, 2.24) is 9.97 Å². The summed E-state index contributed by atoms with van der Waals surface area (Å²) < 4.78 is 2.06. The quantitative estimate of drug-likeness (QED) is 0.304. The van der Waals surface area contributed by atoms with E-state index in [1.54, 1.807) is 0 Å². The number of aromatic nitrogens is 3. The van der Waals surface area contributed by atoms with E-state index in [9.17, 15) is 0 Å². The summed E-state index contributed by atoms with van der Waals surface area (Å²) in [5, 5.41) is 4.84. The first-order valence-corrected chi connectivity index (χ1v) is 5.58. The normalized spacial score (nSPS) is 11.2. The van der Waals surface area contributed by atoms with Crippen LogP contribution >= 0.6 is 0 Å². The second-order valence-corrected chi connectivity index (χ2v) is 4.36. The van der Waals surface area contributed by atoms with Crippen molar-refractivity contribution in [3.05, 3.63) is 43.0 Å². The second kappa shape index (κ2) is 3.75. The van der Waals surface area contributed by atoms with E-state index in [1.165, 1.54) is 27.1 Å². The Morgan fingerprint density at radius 3 is 2.44 bits per heavy atom. The minimum absolute atomic E-state index is 0. The van der Waals surface area contributed by atoms with Gasteiger partial charge in [-0.2, -0.15) is 0 Å². The van der Waals surface area contributed by atoms with Crippen LogP contribution in [0.2, 0.25) is 0 Å². The standard InChI is InChI=1S/C14H10N3.ClH/c1-17-8-16-11-4-2-9-6-15-7-10-3-5-12(17)14(11)13(9)10;/h2-8H,1H3;1H/q+1;/p-1. The summed E-state index contributed by atoms with van der Waals surface area (Å²) in [6, 6.07) is 8.40. The van der Waals surface area contributed by atoms with Gasteiger partial charge in [0.15, 0.2) is 5.52 Å². The Morgan fingerprint density at radius 1 is 0.944 bits per heavy atom. The van der Waals surface area contributed by atoms with Crippen LogP contribution in [0, 0.1) is 0 Å². The molecule has 4 heteroatoms. The molecule has 0 bridgehead atoms. The number of hydrogen-bond donors (Lipinski definition) is 0. The largest absolute Gasteiger partial charge is 1.00 e. The van der Waals surface area contributed by atoms with Crippen LogP contribution in [0.25, 0.3) is 32.6 Å². The summed E-state index contributed by atoms with van der Waals surface area (Å²) in [4.78, 5) is 8.74. The summed E-state index contributed by atoms with van der Waals surface area (Å²) >= 11 is 0. The van der Waals surface area contributed by atoms with E-state index in [1.807, 2.05) is 25.8 Å². The molecule has 18 heavy (non-hydrogen) atoms. The van der Waals surface area contributed by atoms with Crippen molar-refractivity contribution in [1.29, 1.82) is 0 Å². The smallest absolute Gasteiger partial charge is 0.287 e. The van der Waals surface area contributed by atoms with Gasteiger partial charge < -0.3 is 12.4 Å². The second-order valence-electron chi connectivity index (χ2n) is 4.36. The Hall–Kier alpha value is -2.00. The predicted octanol–water partition coefficient (Wildman–Crippen LogP) is -0.798. The van der Waals surface area contributed by atoms with Gasteiger partial charge in [-0.25, -0.2) is 4.57 Å². The summed E-state index contributed by atoms with van der Waals surface area (Å²) in [6.07, 6.45) is 5.68. The number of nitrogens with zero attached hydrogens (tertiary/aromatic N) is 3. The fourth-order valence-electron chi connectivity index (χ4n) is 2.54. The van der Waals surface area contributed by atoms with Gasteiger partial charge >= 0.3 is 0 Å². The topological polar surface area (TPSA) is 29.7 Å². The Labute approximate surface area is 110 Å². The maximum Gasteiger partial charge on any atom is 0.287 e. The van der Waals surface area contributed by atoms with Crippen LogP contribution in [0.5, 0.6) is 0 Å². The van der Waals surface area contributed by atoms with Crippen LogP contribution in [0.3, 0.4) is 0 Å². The molecule has 0 fully saturated rings. The van der Waals surface area contributed by atoms with Gasteiger partial charge in [0, 0.05) is 28.6 Å². The molecule has 2 aromatic carbocycles. The highest BCUT2D eigenvalue weighted by Gasteiger charge is 2.14. The fourth-order valence-corrected chi connectivity index (χ4v) is 2.54. The molecule has 88 valence electrons. The van der Waals surface area contributed by atoms with Gasteiger partial charge in [-0.15, -0.1) is 0 Å². The summed E-state index contributed by atoms with van der Waals surface area (Å²) in [5.41, 5.74) is 2.25. The monoisotopic (exact) mass is 255 g/mol. The Morgan fingerprint density at radius 2 is 1.67 bits per heavy atom. The number of rotatable bonds is 0. The SMILES string of the molecule is C[n+]1cnc2ccc3cncc4ccc1c2c34.[Cl-]. The van der Waals surface area contributed by atoms with Crippen LogP contribution in [0.15, 0.2) is 43.0 Å². The molecule has 0 N–H and O–H groups in total. The Bertz CT molecular complexity index is 841. The predicted molar refractivity (Wildman–Crippen MR) is 66.9 cm³/mol. The van der Waals surface area contributed by atoms with E-state index in [4.69, 9.17) is 0 Å². The van der Waals surface area contributed by atoms with Crippen molar-refractivity contribution in [3.8, 4) is 0 Å². The van der Waals surface area contributed by atoms with Crippen LogP contribution in [0.4, 0.5) is 0 Å². The fraction of sp³-hybridized carbons (Fsp3) is 0.0714. The maximum absolute atomic E-state index is 4.48. The minimum Gasteiger partial charge on any atom is -1.00 e. The lowest BCUT2D eigenvalue weighted by Gasteiger charge is -2.06. The minimum atomic E-state index is 0. The summed E-state index contributed by atoms with van der Waals surface area (Å²) in [6.45, 7) is 0. The molecular weight excluding hydrogens is 246 g/mol. The number of aryl methyl sites for hydroxylation is 1. The molecule has 3 nitrogen and oxygen atoms in total. The molecule has 4 aromatic rings. The van der Waals surface area contributed by atoms with E-state index in [-0.39, 0.29) is 12.4 Å². The Balaban J connectivity index is 0.000001000. The first-order chi connectivity index (χ1) is 8.34. The molecule has 2 heterocycles. The number of pyridine rings is 1. The highest BCUT2D eigenvalue weighted by Crippen LogP contribution is 2.30. The zero-order chi connectivity index (χ0) is 11.4. The average molecular weight is 256 g/mol. The van der Waals surface area contributed by atoms with Gasteiger partial charge in [0.05, 0.1) is 12.4 Å². The van der Waals surface area contributed by atoms with Gasteiger partial charge in [-0.3, -0.25) is 4.98 Å². The van der Waals surface area contributed by atoms with E-state index in [2.05, 4.69) is 38.8 Å². The third kappa shape index (κ3) is 1.28. The molecule has 0 aliphatic heterocycles. The van der Waals surface area contributed by atoms with E-state index in [0.29, 0.717) is 0 Å². The molecule has 0 saturated carbocycles. The van der Waals surface area contributed by atoms with E-state index >= 15 is 0 Å². The lowest BCUT2D eigenvalue weighted by molar-refractivity contribution is -0.647. The van der Waals surface area contributed by atoms with Crippen molar-refractivity contribution < 1.29 is 17.0 Å². The third-order valence-electron chi connectivity index (χ3n) is 3.36. The van der Waals surface area contributed by atoms with Gasteiger partial charge in [0.1, 0.15) is 5.52 Å². The maximum atomic E-state index is 4.48. The molecule has 0 atom stereocenters. The summed E-state index contributed by atoms with van der Waals surface area (Å²) in [7, 11) is 2.02. The van der Waals surface area contributed by atoms with Crippen LogP contribution in [-0.4, -0.2) is 9.97 Å². The molecule has 0 radical (unpaired) electrons. The number of halogens is 1.